The Balaban J connectivity index is 2.04. The van der Waals surface area contributed by atoms with Crippen molar-refractivity contribution >= 4 is 8.07 Å². The van der Waals surface area contributed by atoms with Crippen LogP contribution in [-0.2, 0) is 0 Å². The summed E-state index contributed by atoms with van der Waals surface area (Å²) in [6.07, 6.45) is 6.03. The van der Waals surface area contributed by atoms with Crippen LogP contribution in [0.2, 0.25) is 19.6 Å². The molecule has 0 saturated heterocycles. The number of hydrogen-bond donors (Lipinski definition) is 0. The van der Waals surface area contributed by atoms with Crippen LogP contribution in [0.1, 0.15) is 30.5 Å². The SMILES string of the molecule is CCC1=CC(c2cc(-c3ccccc3)ccc2C)N(C)C=C1[Si](C)(C)C. The van der Waals surface area contributed by atoms with E-state index >= 15 is 0 Å². The largest absolute Gasteiger partial charge is 0.370 e. The van der Waals surface area contributed by atoms with Gasteiger partial charge in [0.15, 0.2) is 0 Å². The lowest BCUT2D eigenvalue weighted by molar-refractivity contribution is 0.384. The Morgan fingerprint density at radius 2 is 1.65 bits per heavy atom. The highest BCUT2D eigenvalue weighted by molar-refractivity contribution is 6.84. The van der Waals surface area contributed by atoms with E-state index in [1.165, 1.54) is 27.8 Å². The summed E-state index contributed by atoms with van der Waals surface area (Å²) in [6.45, 7) is 11.8. The van der Waals surface area contributed by atoms with Crippen LogP contribution in [-0.4, -0.2) is 20.0 Å². The third-order valence-electron chi connectivity index (χ3n) is 5.37. The fraction of sp³-hybridized carbons (Fsp3) is 0.333. The predicted octanol–water partition coefficient (Wildman–Crippen LogP) is 6.75. The first-order valence-electron chi connectivity index (χ1n) is 9.62. The van der Waals surface area contributed by atoms with Crippen LogP contribution in [0.15, 0.2) is 71.6 Å². The molecule has 2 aromatic carbocycles. The average molecular weight is 362 g/mol. The van der Waals surface area contributed by atoms with Gasteiger partial charge in [-0.25, -0.2) is 0 Å². The Morgan fingerprint density at radius 3 is 2.27 bits per heavy atom. The van der Waals surface area contributed by atoms with Gasteiger partial charge in [0.25, 0.3) is 0 Å². The second-order valence-electron chi connectivity index (χ2n) is 8.39. The van der Waals surface area contributed by atoms with Crippen LogP contribution in [0.5, 0.6) is 0 Å². The van der Waals surface area contributed by atoms with Crippen LogP contribution in [0.25, 0.3) is 11.1 Å². The summed E-state index contributed by atoms with van der Waals surface area (Å²) in [5.41, 5.74) is 6.89. The molecule has 26 heavy (non-hydrogen) atoms. The van der Waals surface area contributed by atoms with Crippen molar-refractivity contribution in [2.75, 3.05) is 7.05 Å². The molecule has 0 spiro atoms. The van der Waals surface area contributed by atoms with E-state index in [9.17, 15) is 0 Å². The van der Waals surface area contributed by atoms with Crippen molar-refractivity contribution in [3.05, 3.63) is 82.7 Å². The third kappa shape index (κ3) is 3.71. The number of benzene rings is 2. The topological polar surface area (TPSA) is 3.24 Å². The molecule has 0 N–H and O–H groups in total. The van der Waals surface area contributed by atoms with Crippen molar-refractivity contribution in [1.29, 1.82) is 0 Å². The van der Waals surface area contributed by atoms with Crippen molar-refractivity contribution in [3.63, 3.8) is 0 Å². The molecule has 0 saturated carbocycles. The van der Waals surface area contributed by atoms with Crippen molar-refractivity contribution in [2.24, 2.45) is 0 Å². The monoisotopic (exact) mass is 361 g/mol. The Kier molecular flexibility index (Phi) is 5.24. The van der Waals surface area contributed by atoms with Crippen molar-refractivity contribution in [2.45, 2.75) is 46.0 Å². The van der Waals surface area contributed by atoms with Gasteiger partial charge in [0.2, 0.25) is 0 Å². The van der Waals surface area contributed by atoms with Gasteiger partial charge in [0.05, 0.1) is 14.1 Å². The molecule has 2 aromatic rings. The minimum Gasteiger partial charge on any atom is -0.370 e. The summed E-state index contributed by atoms with van der Waals surface area (Å²) in [6, 6.07) is 17.9. The van der Waals surface area contributed by atoms with Gasteiger partial charge in [0.1, 0.15) is 0 Å². The smallest absolute Gasteiger partial charge is 0.0798 e. The van der Waals surface area contributed by atoms with Gasteiger partial charge in [-0.2, -0.15) is 0 Å². The van der Waals surface area contributed by atoms with E-state index < -0.39 is 8.07 Å². The molecule has 1 nitrogen and oxygen atoms in total. The number of nitrogens with zero attached hydrogens (tertiary/aromatic N) is 1. The van der Waals surface area contributed by atoms with Crippen LogP contribution >= 0.6 is 0 Å². The standard InChI is InChI=1S/C24H31NSi/c1-7-19-16-23(25(3)17-24(19)26(4,5)6)22-15-21(14-13-18(22)2)20-11-9-8-10-12-20/h8-17,23H,7H2,1-6H3. The summed E-state index contributed by atoms with van der Waals surface area (Å²) in [5.74, 6) is 0. The lowest BCUT2D eigenvalue weighted by atomic mass is 9.92. The Bertz CT molecular complexity index is 840. The lowest BCUT2D eigenvalue weighted by Gasteiger charge is -2.36. The Morgan fingerprint density at radius 1 is 0.962 bits per heavy atom. The van der Waals surface area contributed by atoms with E-state index in [-0.39, 0.29) is 0 Å². The summed E-state index contributed by atoms with van der Waals surface area (Å²) < 4.78 is 0. The average Bonchev–Trinajstić information content (AvgIpc) is 2.62. The summed E-state index contributed by atoms with van der Waals surface area (Å²) in [4.78, 5) is 2.41. The zero-order valence-corrected chi connectivity index (χ0v) is 18.0. The quantitative estimate of drug-likeness (QED) is 0.545. The molecule has 1 atom stereocenters. The minimum absolute atomic E-state index is 0.314. The van der Waals surface area contributed by atoms with E-state index in [0.29, 0.717) is 6.04 Å². The van der Waals surface area contributed by atoms with Crippen LogP contribution in [0.4, 0.5) is 0 Å². The maximum Gasteiger partial charge on any atom is 0.0798 e. The van der Waals surface area contributed by atoms with E-state index in [1.54, 1.807) is 5.20 Å². The van der Waals surface area contributed by atoms with Gasteiger partial charge in [-0.05, 0) is 58.6 Å². The van der Waals surface area contributed by atoms with Crippen molar-refractivity contribution in [3.8, 4) is 11.1 Å². The highest BCUT2D eigenvalue weighted by Gasteiger charge is 2.28. The Hall–Kier alpha value is -2.06. The molecule has 1 unspecified atom stereocenters. The Labute approximate surface area is 160 Å². The molecule has 0 fully saturated rings. The van der Waals surface area contributed by atoms with Crippen LogP contribution < -0.4 is 0 Å². The third-order valence-corrected chi connectivity index (χ3v) is 7.44. The second-order valence-corrected chi connectivity index (χ2v) is 13.4. The van der Waals surface area contributed by atoms with Gasteiger partial charge in [-0.1, -0.05) is 75.1 Å². The summed E-state index contributed by atoms with van der Waals surface area (Å²) >= 11 is 0. The first kappa shape index (κ1) is 18.7. The molecule has 0 radical (unpaired) electrons. The summed E-state index contributed by atoms with van der Waals surface area (Å²) in [5, 5.41) is 1.59. The number of rotatable bonds is 4. The van der Waals surface area contributed by atoms with Crippen LogP contribution in [0, 0.1) is 6.92 Å². The first-order chi connectivity index (χ1) is 12.3. The van der Waals surface area contributed by atoms with E-state index in [1.807, 2.05) is 0 Å². The minimum atomic E-state index is -1.34. The molecule has 0 amide bonds. The number of allylic oxidation sites excluding steroid dienone is 2. The highest BCUT2D eigenvalue weighted by Crippen LogP contribution is 2.37. The van der Waals surface area contributed by atoms with Crippen molar-refractivity contribution < 1.29 is 0 Å². The predicted molar refractivity (Wildman–Crippen MR) is 117 cm³/mol. The fourth-order valence-electron chi connectivity index (χ4n) is 3.83. The highest BCUT2D eigenvalue weighted by atomic mass is 28.3. The molecule has 1 heterocycles. The van der Waals surface area contributed by atoms with Crippen LogP contribution in [0.3, 0.4) is 0 Å². The molecule has 2 heteroatoms. The molecule has 1 aliphatic rings. The molecule has 0 bridgehead atoms. The van der Waals surface area contributed by atoms with Crippen molar-refractivity contribution in [1.82, 2.24) is 4.90 Å². The van der Waals surface area contributed by atoms with Gasteiger partial charge in [-0.15, -0.1) is 0 Å². The zero-order chi connectivity index (χ0) is 18.9. The summed E-state index contributed by atoms with van der Waals surface area (Å²) in [7, 11) is 0.886. The van der Waals surface area contributed by atoms with Gasteiger partial charge in [0, 0.05) is 7.05 Å². The van der Waals surface area contributed by atoms with Gasteiger partial charge >= 0.3 is 0 Å². The molecule has 136 valence electrons. The number of likely N-dealkylation sites (N-methyl/N-ethyl adjacent to an activating group) is 1. The molecule has 0 aromatic heterocycles. The molecule has 0 aliphatic carbocycles. The van der Waals surface area contributed by atoms with Gasteiger partial charge in [-0.3, -0.25) is 0 Å². The zero-order valence-electron chi connectivity index (χ0n) is 17.0. The van der Waals surface area contributed by atoms with E-state index in [4.69, 9.17) is 0 Å². The number of hydrogen-bond acceptors (Lipinski definition) is 1. The second kappa shape index (κ2) is 7.28. The molecular formula is C24H31NSi. The van der Waals surface area contributed by atoms with Gasteiger partial charge < -0.3 is 4.90 Å². The van der Waals surface area contributed by atoms with E-state index in [0.717, 1.165) is 6.42 Å². The first-order valence-corrected chi connectivity index (χ1v) is 13.1. The fourth-order valence-corrected chi connectivity index (χ4v) is 5.64. The molecule has 1 aliphatic heterocycles. The normalized spacial score (nSPS) is 17.8. The molecule has 3 rings (SSSR count). The van der Waals surface area contributed by atoms with E-state index in [2.05, 4.69) is 106 Å². The maximum absolute atomic E-state index is 2.50. The number of aryl methyl sites for hydroxylation is 1. The molecular weight excluding hydrogens is 330 g/mol. The lowest BCUT2D eigenvalue weighted by Crippen LogP contribution is -2.32. The maximum atomic E-state index is 2.50.